The van der Waals surface area contributed by atoms with Gasteiger partial charge in [0, 0.05) is 19.2 Å². The molecular weight excluding hydrogens is 272 g/mol. The molecule has 0 radical (unpaired) electrons. The van der Waals surface area contributed by atoms with Crippen LogP contribution in [0.1, 0.15) is 32.3 Å². The third kappa shape index (κ3) is 3.47. The number of aromatic nitrogens is 5. The van der Waals surface area contributed by atoms with Crippen molar-refractivity contribution in [2.24, 2.45) is 7.05 Å². The molecule has 2 aromatic heterocycles. The Morgan fingerprint density at radius 1 is 1.15 bits per heavy atom. The summed E-state index contributed by atoms with van der Waals surface area (Å²) >= 11 is 1.53. The van der Waals surface area contributed by atoms with Crippen molar-refractivity contribution in [3.8, 4) is 0 Å². The van der Waals surface area contributed by atoms with E-state index < -0.39 is 0 Å². The van der Waals surface area contributed by atoms with Gasteiger partial charge in [-0.1, -0.05) is 20.3 Å². The quantitative estimate of drug-likeness (QED) is 0.791. The van der Waals surface area contributed by atoms with E-state index in [9.17, 15) is 0 Å². The van der Waals surface area contributed by atoms with E-state index in [4.69, 9.17) is 0 Å². The van der Waals surface area contributed by atoms with Crippen molar-refractivity contribution in [3.63, 3.8) is 0 Å². The summed E-state index contributed by atoms with van der Waals surface area (Å²) in [6, 6.07) is 0. The molecule has 7 heteroatoms. The number of anilines is 1. The highest BCUT2D eigenvalue weighted by atomic mass is 32.2. The molecule has 0 spiro atoms. The molecule has 0 amide bonds. The highest BCUT2D eigenvalue weighted by molar-refractivity contribution is 7.99. The number of nitrogens with zero attached hydrogens (tertiary/aromatic N) is 5. The number of aryl methyl sites for hydroxylation is 1. The number of hydrogen-bond donors (Lipinski definition) is 1. The van der Waals surface area contributed by atoms with E-state index in [2.05, 4.69) is 39.2 Å². The Labute approximate surface area is 123 Å². The fourth-order valence-corrected chi connectivity index (χ4v) is 2.69. The van der Waals surface area contributed by atoms with Gasteiger partial charge < -0.3 is 5.32 Å². The predicted octanol–water partition coefficient (Wildman–Crippen LogP) is 2.53. The maximum atomic E-state index is 4.41. The molecule has 108 valence electrons. The van der Waals surface area contributed by atoms with Crippen LogP contribution in [0.25, 0.3) is 0 Å². The molecule has 0 saturated heterocycles. The molecule has 0 atom stereocenters. The van der Waals surface area contributed by atoms with Crippen molar-refractivity contribution in [1.29, 1.82) is 0 Å². The summed E-state index contributed by atoms with van der Waals surface area (Å²) in [6.45, 7) is 5.22. The summed E-state index contributed by atoms with van der Waals surface area (Å²) in [5, 5.41) is 9.25. The molecule has 0 aliphatic rings. The smallest absolute Gasteiger partial charge is 0.192 e. The third-order valence-corrected chi connectivity index (χ3v) is 3.90. The SMILES string of the molecule is CCCNc1ncnc(Sc2ncnn2C)c1CCC. The molecule has 0 unspecified atom stereocenters. The first-order valence-corrected chi connectivity index (χ1v) is 7.67. The second kappa shape index (κ2) is 7.23. The minimum Gasteiger partial charge on any atom is -0.370 e. The average Bonchev–Trinajstić information content (AvgIpc) is 2.85. The van der Waals surface area contributed by atoms with Gasteiger partial charge in [-0.2, -0.15) is 5.10 Å². The summed E-state index contributed by atoms with van der Waals surface area (Å²) in [5.41, 5.74) is 1.16. The largest absolute Gasteiger partial charge is 0.370 e. The van der Waals surface area contributed by atoms with Crippen LogP contribution < -0.4 is 5.32 Å². The van der Waals surface area contributed by atoms with Crippen LogP contribution in [0, 0.1) is 0 Å². The number of hydrogen-bond acceptors (Lipinski definition) is 6. The van der Waals surface area contributed by atoms with Gasteiger partial charge in [-0.15, -0.1) is 0 Å². The zero-order chi connectivity index (χ0) is 14.4. The van der Waals surface area contributed by atoms with Crippen LogP contribution in [-0.4, -0.2) is 31.3 Å². The van der Waals surface area contributed by atoms with Crippen molar-refractivity contribution in [2.45, 2.75) is 43.3 Å². The molecule has 0 saturated carbocycles. The molecule has 2 rings (SSSR count). The molecule has 1 N–H and O–H groups in total. The van der Waals surface area contributed by atoms with Crippen LogP contribution in [0.15, 0.2) is 22.8 Å². The van der Waals surface area contributed by atoms with E-state index in [1.165, 1.54) is 11.8 Å². The second-order valence-corrected chi connectivity index (χ2v) is 5.41. The zero-order valence-corrected chi connectivity index (χ0v) is 12.9. The highest BCUT2D eigenvalue weighted by Crippen LogP contribution is 2.30. The summed E-state index contributed by atoms with van der Waals surface area (Å²) in [4.78, 5) is 13.0. The van der Waals surface area contributed by atoms with Gasteiger partial charge in [-0.3, -0.25) is 0 Å². The minimum absolute atomic E-state index is 0.836. The van der Waals surface area contributed by atoms with Crippen LogP contribution in [-0.2, 0) is 13.5 Å². The Kier molecular flexibility index (Phi) is 5.34. The average molecular weight is 292 g/mol. The molecule has 0 bridgehead atoms. The molecule has 2 aromatic rings. The summed E-state index contributed by atoms with van der Waals surface area (Å²) in [5.74, 6) is 0.938. The molecular formula is C13H20N6S. The van der Waals surface area contributed by atoms with Crippen molar-refractivity contribution >= 4 is 17.6 Å². The van der Waals surface area contributed by atoms with Gasteiger partial charge in [0.05, 0.1) is 0 Å². The first-order valence-electron chi connectivity index (χ1n) is 6.85. The van der Waals surface area contributed by atoms with Gasteiger partial charge in [0.15, 0.2) is 5.16 Å². The van der Waals surface area contributed by atoms with Gasteiger partial charge in [-0.25, -0.2) is 19.6 Å². The van der Waals surface area contributed by atoms with Gasteiger partial charge >= 0.3 is 0 Å². The van der Waals surface area contributed by atoms with E-state index in [0.717, 1.165) is 47.4 Å². The Morgan fingerprint density at radius 3 is 2.65 bits per heavy atom. The van der Waals surface area contributed by atoms with E-state index in [0.29, 0.717) is 0 Å². The Balaban J connectivity index is 2.28. The van der Waals surface area contributed by atoms with Crippen LogP contribution in [0.5, 0.6) is 0 Å². The lowest BCUT2D eigenvalue weighted by Crippen LogP contribution is -2.07. The van der Waals surface area contributed by atoms with E-state index >= 15 is 0 Å². The summed E-state index contributed by atoms with van der Waals surface area (Å²) in [6.07, 6.45) is 6.24. The van der Waals surface area contributed by atoms with Crippen LogP contribution in [0.4, 0.5) is 5.82 Å². The van der Waals surface area contributed by atoms with E-state index in [1.54, 1.807) is 17.3 Å². The highest BCUT2D eigenvalue weighted by Gasteiger charge is 2.14. The lowest BCUT2D eigenvalue weighted by molar-refractivity contribution is 0.684. The Morgan fingerprint density at radius 2 is 2.00 bits per heavy atom. The van der Waals surface area contributed by atoms with Crippen molar-refractivity contribution in [3.05, 3.63) is 18.2 Å². The van der Waals surface area contributed by atoms with Gasteiger partial charge in [0.25, 0.3) is 0 Å². The first kappa shape index (κ1) is 14.8. The standard InChI is InChI=1S/C13H20N6S/c1-4-6-10-11(14-7-5-2)15-8-16-12(10)20-13-17-9-18-19(13)3/h8-9H,4-7H2,1-3H3,(H,14,15,16). The van der Waals surface area contributed by atoms with Crippen LogP contribution >= 0.6 is 11.8 Å². The minimum atomic E-state index is 0.836. The predicted molar refractivity (Wildman–Crippen MR) is 79.9 cm³/mol. The first-order chi connectivity index (χ1) is 9.76. The lowest BCUT2D eigenvalue weighted by atomic mass is 10.2. The topological polar surface area (TPSA) is 68.5 Å². The molecule has 20 heavy (non-hydrogen) atoms. The van der Waals surface area contributed by atoms with Crippen molar-refractivity contribution < 1.29 is 0 Å². The monoisotopic (exact) mass is 292 g/mol. The Hall–Kier alpha value is -1.63. The zero-order valence-electron chi connectivity index (χ0n) is 12.1. The maximum absolute atomic E-state index is 4.41. The van der Waals surface area contributed by atoms with Gasteiger partial charge in [-0.05, 0) is 24.6 Å². The van der Waals surface area contributed by atoms with E-state index in [1.807, 2.05) is 7.05 Å². The maximum Gasteiger partial charge on any atom is 0.192 e. The molecule has 0 fully saturated rings. The molecule has 0 aromatic carbocycles. The molecule has 6 nitrogen and oxygen atoms in total. The number of rotatable bonds is 7. The van der Waals surface area contributed by atoms with Gasteiger partial charge in [0.2, 0.25) is 0 Å². The van der Waals surface area contributed by atoms with Crippen molar-refractivity contribution in [1.82, 2.24) is 24.7 Å². The molecule has 2 heterocycles. The Bertz CT molecular complexity index is 554. The fourth-order valence-electron chi connectivity index (χ4n) is 1.82. The molecule has 0 aliphatic heterocycles. The van der Waals surface area contributed by atoms with Gasteiger partial charge in [0.1, 0.15) is 23.5 Å². The normalized spacial score (nSPS) is 10.8. The second-order valence-electron chi connectivity index (χ2n) is 4.45. The lowest BCUT2D eigenvalue weighted by Gasteiger charge is -2.12. The molecule has 0 aliphatic carbocycles. The number of nitrogens with one attached hydrogen (secondary N) is 1. The third-order valence-electron chi connectivity index (χ3n) is 2.81. The van der Waals surface area contributed by atoms with E-state index in [-0.39, 0.29) is 0 Å². The summed E-state index contributed by atoms with van der Waals surface area (Å²) in [7, 11) is 1.88. The van der Waals surface area contributed by atoms with Crippen LogP contribution in [0.2, 0.25) is 0 Å². The van der Waals surface area contributed by atoms with Crippen molar-refractivity contribution in [2.75, 3.05) is 11.9 Å². The van der Waals surface area contributed by atoms with Crippen LogP contribution in [0.3, 0.4) is 0 Å². The fraction of sp³-hybridized carbons (Fsp3) is 0.538. The summed E-state index contributed by atoms with van der Waals surface area (Å²) < 4.78 is 1.75.